The van der Waals surface area contributed by atoms with Gasteiger partial charge in [-0.2, -0.15) is 0 Å². The third kappa shape index (κ3) is 3.71. The van der Waals surface area contributed by atoms with E-state index < -0.39 is 5.97 Å². The molecule has 5 nitrogen and oxygen atoms in total. The minimum Gasteiger partial charge on any atom is -0.497 e. The van der Waals surface area contributed by atoms with Gasteiger partial charge in [-0.15, -0.1) is 0 Å². The van der Waals surface area contributed by atoms with Crippen molar-refractivity contribution in [1.82, 2.24) is 5.32 Å². The predicted octanol–water partition coefficient (Wildman–Crippen LogP) is 3.30. The maximum Gasteiger partial charge on any atom is 0.307 e. The molecule has 0 saturated heterocycles. The monoisotopic (exact) mass is 319 g/mol. The Morgan fingerprint density at radius 3 is 2.68 bits per heavy atom. The summed E-state index contributed by atoms with van der Waals surface area (Å²) in [5, 5.41) is 13.3. The molecular weight excluding hydrogens is 302 g/mol. The minimum atomic E-state index is -0.925. The zero-order valence-corrected chi connectivity index (χ0v) is 13.2. The number of fused-ring (bicyclic) bond motifs is 1. The first-order valence-electron chi connectivity index (χ1n) is 6.82. The average molecular weight is 319 g/mol. The molecule has 0 fully saturated rings. The topological polar surface area (TPSA) is 75.6 Å². The van der Waals surface area contributed by atoms with Gasteiger partial charge in [0.1, 0.15) is 5.75 Å². The van der Waals surface area contributed by atoms with Crippen molar-refractivity contribution in [3.8, 4) is 5.75 Å². The van der Waals surface area contributed by atoms with Crippen molar-refractivity contribution in [2.45, 2.75) is 18.2 Å². The Kier molecular flexibility index (Phi) is 5.27. The van der Waals surface area contributed by atoms with Gasteiger partial charge in [0.2, 0.25) is 0 Å². The lowest BCUT2D eigenvalue weighted by Gasteiger charge is -2.12. The SMILES string of the molecule is CCNC(=O)Sc1c(CC(=O)O)ccc2cc(OC)ccc12. The van der Waals surface area contributed by atoms with E-state index in [0.717, 1.165) is 22.5 Å². The lowest BCUT2D eigenvalue weighted by atomic mass is 10.0. The lowest BCUT2D eigenvalue weighted by molar-refractivity contribution is -0.136. The van der Waals surface area contributed by atoms with Crippen molar-refractivity contribution in [2.24, 2.45) is 0 Å². The average Bonchev–Trinajstić information content (AvgIpc) is 2.48. The van der Waals surface area contributed by atoms with Gasteiger partial charge in [-0.3, -0.25) is 9.59 Å². The molecular formula is C16H17NO4S. The summed E-state index contributed by atoms with van der Waals surface area (Å²) < 4.78 is 5.20. The summed E-state index contributed by atoms with van der Waals surface area (Å²) in [5.74, 6) is -0.210. The smallest absolute Gasteiger partial charge is 0.307 e. The van der Waals surface area contributed by atoms with Gasteiger partial charge in [-0.05, 0) is 53.2 Å². The first-order chi connectivity index (χ1) is 10.5. The van der Waals surface area contributed by atoms with E-state index in [1.165, 1.54) is 0 Å². The van der Waals surface area contributed by atoms with Crippen LogP contribution in [0.4, 0.5) is 4.79 Å². The minimum absolute atomic E-state index is 0.121. The third-order valence-electron chi connectivity index (χ3n) is 3.12. The summed E-state index contributed by atoms with van der Waals surface area (Å²) in [7, 11) is 1.59. The van der Waals surface area contributed by atoms with Gasteiger partial charge in [0.15, 0.2) is 0 Å². The second-order valence-electron chi connectivity index (χ2n) is 4.63. The van der Waals surface area contributed by atoms with E-state index in [2.05, 4.69) is 5.32 Å². The van der Waals surface area contributed by atoms with Crippen molar-refractivity contribution in [2.75, 3.05) is 13.7 Å². The predicted molar refractivity (Wildman–Crippen MR) is 86.8 cm³/mol. The Morgan fingerprint density at radius 2 is 2.05 bits per heavy atom. The van der Waals surface area contributed by atoms with Crippen LogP contribution in [-0.4, -0.2) is 30.0 Å². The Labute approximate surface area is 132 Å². The van der Waals surface area contributed by atoms with Gasteiger partial charge >= 0.3 is 5.97 Å². The van der Waals surface area contributed by atoms with Crippen molar-refractivity contribution < 1.29 is 19.4 Å². The van der Waals surface area contributed by atoms with Gasteiger partial charge in [0.05, 0.1) is 13.5 Å². The van der Waals surface area contributed by atoms with Gasteiger partial charge in [0, 0.05) is 11.4 Å². The van der Waals surface area contributed by atoms with Gasteiger partial charge in [-0.1, -0.05) is 12.1 Å². The van der Waals surface area contributed by atoms with Crippen LogP contribution in [0.2, 0.25) is 0 Å². The van der Waals surface area contributed by atoms with Crippen molar-refractivity contribution in [3.05, 3.63) is 35.9 Å². The number of thioether (sulfide) groups is 1. The van der Waals surface area contributed by atoms with E-state index in [9.17, 15) is 9.59 Å². The first-order valence-corrected chi connectivity index (χ1v) is 7.64. The number of carbonyl (C=O) groups excluding carboxylic acids is 1. The number of carbonyl (C=O) groups is 2. The van der Waals surface area contributed by atoms with Crippen LogP contribution in [0.3, 0.4) is 0 Å². The van der Waals surface area contributed by atoms with E-state index >= 15 is 0 Å². The highest BCUT2D eigenvalue weighted by Crippen LogP contribution is 2.34. The Balaban J connectivity index is 2.53. The number of carboxylic acids is 1. The summed E-state index contributed by atoms with van der Waals surface area (Å²) in [4.78, 5) is 23.6. The molecule has 0 radical (unpaired) electrons. The molecule has 22 heavy (non-hydrogen) atoms. The highest BCUT2D eigenvalue weighted by molar-refractivity contribution is 8.13. The summed E-state index contributed by atoms with van der Waals surface area (Å²) in [5.41, 5.74) is 0.626. The van der Waals surface area contributed by atoms with Gasteiger partial charge in [0.25, 0.3) is 5.24 Å². The Hall–Kier alpha value is -2.21. The molecule has 0 bridgehead atoms. The molecule has 0 unspecified atom stereocenters. The summed E-state index contributed by atoms with van der Waals surface area (Å²) in [6, 6.07) is 9.10. The van der Waals surface area contributed by atoms with Crippen LogP contribution in [0.25, 0.3) is 10.8 Å². The fourth-order valence-electron chi connectivity index (χ4n) is 2.15. The van der Waals surface area contributed by atoms with Crippen LogP contribution in [0, 0.1) is 0 Å². The first kappa shape index (κ1) is 16.2. The molecule has 0 atom stereocenters. The molecule has 0 spiro atoms. The molecule has 0 aliphatic heterocycles. The van der Waals surface area contributed by atoms with E-state index in [-0.39, 0.29) is 11.7 Å². The molecule has 2 rings (SSSR count). The number of ether oxygens (including phenoxy) is 1. The number of methoxy groups -OCH3 is 1. The van der Waals surface area contributed by atoms with E-state index in [1.54, 1.807) is 19.2 Å². The normalized spacial score (nSPS) is 10.5. The number of rotatable bonds is 5. The second-order valence-corrected chi connectivity index (χ2v) is 5.61. The van der Waals surface area contributed by atoms with Crippen LogP contribution in [0.5, 0.6) is 5.75 Å². The Bertz CT molecular complexity index is 715. The second kappa shape index (κ2) is 7.17. The number of nitrogens with one attached hydrogen (secondary N) is 1. The molecule has 0 aliphatic rings. The number of carboxylic acid groups (broad SMARTS) is 1. The number of hydrogen-bond donors (Lipinski definition) is 2. The van der Waals surface area contributed by atoms with Crippen LogP contribution in [0.1, 0.15) is 12.5 Å². The third-order valence-corrected chi connectivity index (χ3v) is 4.13. The maximum atomic E-state index is 11.9. The molecule has 2 aromatic rings. The molecule has 6 heteroatoms. The molecule has 116 valence electrons. The molecule has 1 amide bonds. The van der Waals surface area contributed by atoms with Crippen LogP contribution in [-0.2, 0) is 11.2 Å². The van der Waals surface area contributed by atoms with Crippen LogP contribution >= 0.6 is 11.8 Å². The highest BCUT2D eigenvalue weighted by atomic mass is 32.2. The molecule has 2 aromatic carbocycles. The zero-order valence-electron chi connectivity index (χ0n) is 12.4. The maximum absolute atomic E-state index is 11.9. The number of aliphatic carboxylic acids is 1. The molecule has 0 aliphatic carbocycles. The van der Waals surface area contributed by atoms with Crippen LogP contribution < -0.4 is 10.1 Å². The Morgan fingerprint density at radius 1 is 1.27 bits per heavy atom. The summed E-state index contributed by atoms with van der Waals surface area (Å²) >= 11 is 1.03. The van der Waals surface area contributed by atoms with Gasteiger partial charge in [-0.25, -0.2) is 0 Å². The van der Waals surface area contributed by atoms with Gasteiger partial charge < -0.3 is 15.2 Å². The quantitative estimate of drug-likeness (QED) is 0.827. The largest absolute Gasteiger partial charge is 0.497 e. The molecule has 2 N–H and O–H groups in total. The molecule has 0 heterocycles. The summed E-state index contributed by atoms with van der Waals surface area (Å²) in [6.07, 6.45) is -0.121. The zero-order chi connectivity index (χ0) is 16.1. The highest BCUT2D eigenvalue weighted by Gasteiger charge is 2.15. The van der Waals surface area contributed by atoms with Crippen molar-refractivity contribution in [3.63, 3.8) is 0 Å². The van der Waals surface area contributed by atoms with E-state index in [1.807, 2.05) is 25.1 Å². The van der Waals surface area contributed by atoms with E-state index in [0.29, 0.717) is 22.8 Å². The van der Waals surface area contributed by atoms with Crippen LogP contribution in [0.15, 0.2) is 35.2 Å². The standard InChI is InChI=1S/C16H17NO4S/c1-3-17-16(20)22-15-11(9-14(18)19)5-4-10-8-12(21-2)6-7-13(10)15/h4-8H,3,9H2,1-2H3,(H,17,20)(H,18,19). The molecule has 0 saturated carbocycles. The summed E-state index contributed by atoms with van der Waals surface area (Å²) in [6.45, 7) is 2.36. The molecule has 0 aromatic heterocycles. The van der Waals surface area contributed by atoms with Crippen molar-refractivity contribution in [1.29, 1.82) is 0 Å². The van der Waals surface area contributed by atoms with E-state index in [4.69, 9.17) is 9.84 Å². The number of amides is 1. The number of hydrogen-bond acceptors (Lipinski definition) is 4. The fraction of sp³-hybridized carbons (Fsp3) is 0.250. The lowest BCUT2D eigenvalue weighted by Crippen LogP contribution is -2.17. The fourth-order valence-corrected chi connectivity index (χ4v) is 3.12. The number of benzene rings is 2. The van der Waals surface area contributed by atoms with Crippen molar-refractivity contribution >= 4 is 33.7 Å².